The first-order valence-electron chi connectivity index (χ1n) is 13.6. The molecule has 8 heteroatoms. The molecule has 2 N–H and O–H groups in total. The molecule has 7 rings (SSSR count). The second kappa shape index (κ2) is 10.7. The molecule has 0 spiro atoms. The Bertz CT molecular complexity index is 1840. The molecule has 8 nitrogen and oxygen atoms in total. The first-order valence-corrected chi connectivity index (χ1v) is 13.6. The standard InChI is InChI=1S/C33H27N5O3/c39-33(22-8-13-31(35-21-22)38-16-18-40-19-17-38)37-24-11-9-23(10-12-24)36-25-14-15-34-29(20-25)28-6-3-5-27-26-4-1-2-7-30(26)41-32(27)28/h1-15,20-21H,16-19H2,(H,34,36)(H,37,39). The van der Waals surface area contributed by atoms with Gasteiger partial charge < -0.3 is 24.7 Å². The molecule has 0 atom stereocenters. The van der Waals surface area contributed by atoms with Gasteiger partial charge in [0.15, 0.2) is 0 Å². The fourth-order valence-corrected chi connectivity index (χ4v) is 5.11. The van der Waals surface area contributed by atoms with Gasteiger partial charge in [0.25, 0.3) is 5.91 Å². The van der Waals surface area contributed by atoms with E-state index in [9.17, 15) is 4.79 Å². The highest BCUT2D eigenvalue weighted by Crippen LogP contribution is 2.35. The molecule has 1 aliphatic rings. The number of hydrogen-bond acceptors (Lipinski definition) is 7. The molecule has 202 valence electrons. The Kier molecular flexibility index (Phi) is 6.50. The van der Waals surface area contributed by atoms with Gasteiger partial charge in [-0.05, 0) is 60.7 Å². The van der Waals surface area contributed by atoms with E-state index in [1.807, 2.05) is 72.8 Å². The van der Waals surface area contributed by atoms with Gasteiger partial charge in [0.2, 0.25) is 0 Å². The lowest BCUT2D eigenvalue weighted by molar-refractivity contribution is 0.102. The van der Waals surface area contributed by atoms with Gasteiger partial charge in [0.05, 0.1) is 24.5 Å². The van der Waals surface area contributed by atoms with E-state index in [2.05, 4.69) is 37.6 Å². The van der Waals surface area contributed by atoms with Crippen LogP contribution in [-0.2, 0) is 4.74 Å². The van der Waals surface area contributed by atoms with E-state index in [1.165, 1.54) is 0 Å². The third-order valence-corrected chi connectivity index (χ3v) is 7.22. The third-order valence-electron chi connectivity index (χ3n) is 7.22. The average molecular weight is 542 g/mol. The number of amides is 1. The lowest BCUT2D eigenvalue weighted by atomic mass is 10.1. The summed E-state index contributed by atoms with van der Waals surface area (Å²) in [6.45, 7) is 2.99. The Hall–Kier alpha value is -5.21. The molecule has 1 saturated heterocycles. The van der Waals surface area contributed by atoms with Crippen molar-refractivity contribution < 1.29 is 13.9 Å². The molecule has 3 aromatic heterocycles. The van der Waals surface area contributed by atoms with E-state index < -0.39 is 0 Å². The van der Waals surface area contributed by atoms with Crippen LogP contribution in [0.25, 0.3) is 33.2 Å². The fourth-order valence-electron chi connectivity index (χ4n) is 5.11. The number of morpholine rings is 1. The van der Waals surface area contributed by atoms with E-state index in [4.69, 9.17) is 9.15 Å². The quantitative estimate of drug-likeness (QED) is 0.238. The van der Waals surface area contributed by atoms with Crippen molar-refractivity contribution in [3.8, 4) is 11.3 Å². The molecule has 4 heterocycles. The SMILES string of the molecule is O=C(Nc1ccc(Nc2ccnc(-c3cccc4c3oc3ccccc34)c2)cc1)c1ccc(N2CCOCC2)nc1. The summed E-state index contributed by atoms with van der Waals surface area (Å²) < 4.78 is 11.6. The monoisotopic (exact) mass is 541 g/mol. The Morgan fingerprint density at radius 1 is 0.780 bits per heavy atom. The zero-order chi connectivity index (χ0) is 27.6. The number of furan rings is 1. The number of anilines is 4. The van der Waals surface area contributed by atoms with Crippen LogP contribution < -0.4 is 15.5 Å². The summed E-state index contributed by atoms with van der Waals surface area (Å²) >= 11 is 0. The highest BCUT2D eigenvalue weighted by Gasteiger charge is 2.15. The number of fused-ring (bicyclic) bond motifs is 3. The molecular weight excluding hydrogens is 514 g/mol. The van der Waals surface area contributed by atoms with Crippen LogP contribution >= 0.6 is 0 Å². The predicted octanol–water partition coefficient (Wildman–Crippen LogP) is 6.88. The number of benzene rings is 3. The molecule has 0 radical (unpaired) electrons. The van der Waals surface area contributed by atoms with Gasteiger partial charge in [-0.15, -0.1) is 0 Å². The number of pyridine rings is 2. The van der Waals surface area contributed by atoms with Crippen molar-refractivity contribution in [1.29, 1.82) is 0 Å². The topological polar surface area (TPSA) is 92.5 Å². The highest BCUT2D eigenvalue weighted by molar-refractivity contribution is 6.09. The molecule has 0 bridgehead atoms. The van der Waals surface area contributed by atoms with E-state index in [0.717, 1.165) is 63.5 Å². The van der Waals surface area contributed by atoms with E-state index >= 15 is 0 Å². The molecule has 1 amide bonds. The maximum atomic E-state index is 12.8. The van der Waals surface area contributed by atoms with Gasteiger partial charge in [-0.25, -0.2) is 4.98 Å². The summed E-state index contributed by atoms with van der Waals surface area (Å²) in [5.41, 5.74) is 6.43. The van der Waals surface area contributed by atoms with Crippen LogP contribution in [0.2, 0.25) is 0 Å². The van der Waals surface area contributed by atoms with Crippen LogP contribution in [0.3, 0.4) is 0 Å². The largest absolute Gasteiger partial charge is 0.455 e. The summed E-state index contributed by atoms with van der Waals surface area (Å²) in [5, 5.41) is 8.54. The highest BCUT2D eigenvalue weighted by atomic mass is 16.5. The molecule has 41 heavy (non-hydrogen) atoms. The summed E-state index contributed by atoms with van der Waals surface area (Å²) in [4.78, 5) is 24.0. The Morgan fingerprint density at radius 2 is 1.59 bits per heavy atom. The minimum Gasteiger partial charge on any atom is -0.455 e. The second-order valence-electron chi connectivity index (χ2n) is 9.87. The number of ether oxygens (including phenoxy) is 1. The number of hydrogen-bond donors (Lipinski definition) is 2. The van der Waals surface area contributed by atoms with Gasteiger partial charge in [-0.2, -0.15) is 0 Å². The lowest BCUT2D eigenvalue weighted by Crippen LogP contribution is -2.36. The Labute approximate surface area is 236 Å². The number of aromatic nitrogens is 2. The third kappa shape index (κ3) is 5.08. The number of carbonyl (C=O) groups is 1. The molecule has 1 aliphatic heterocycles. The maximum absolute atomic E-state index is 12.8. The van der Waals surface area contributed by atoms with E-state index in [0.29, 0.717) is 24.5 Å². The summed E-state index contributed by atoms with van der Waals surface area (Å²) in [7, 11) is 0. The van der Waals surface area contributed by atoms with Crippen LogP contribution in [-0.4, -0.2) is 42.2 Å². The normalized spacial score (nSPS) is 13.4. The van der Waals surface area contributed by atoms with Gasteiger partial charge in [0, 0.05) is 58.9 Å². The van der Waals surface area contributed by atoms with Gasteiger partial charge in [-0.1, -0.05) is 30.3 Å². The number of rotatable bonds is 6. The molecule has 0 aliphatic carbocycles. The first-order chi connectivity index (χ1) is 20.2. The minimum absolute atomic E-state index is 0.203. The van der Waals surface area contributed by atoms with Crippen molar-refractivity contribution in [2.75, 3.05) is 41.8 Å². The lowest BCUT2D eigenvalue weighted by Gasteiger charge is -2.27. The van der Waals surface area contributed by atoms with Crippen molar-refractivity contribution in [2.45, 2.75) is 0 Å². The van der Waals surface area contributed by atoms with Gasteiger partial charge >= 0.3 is 0 Å². The first kappa shape index (κ1) is 24.8. The molecular formula is C33H27N5O3. The van der Waals surface area contributed by atoms with Gasteiger partial charge in [0.1, 0.15) is 17.0 Å². The van der Waals surface area contributed by atoms with Crippen LogP contribution in [0, 0.1) is 0 Å². The van der Waals surface area contributed by atoms with E-state index in [1.54, 1.807) is 18.5 Å². The van der Waals surface area contributed by atoms with E-state index in [-0.39, 0.29) is 5.91 Å². The molecule has 3 aromatic carbocycles. The van der Waals surface area contributed by atoms with Crippen molar-refractivity contribution in [2.24, 2.45) is 0 Å². The molecule has 6 aromatic rings. The Balaban J connectivity index is 1.04. The maximum Gasteiger partial charge on any atom is 0.257 e. The van der Waals surface area contributed by atoms with Crippen molar-refractivity contribution in [1.82, 2.24) is 9.97 Å². The smallest absolute Gasteiger partial charge is 0.257 e. The summed E-state index contributed by atoms with van der Waals surface area (Å²) in [6, 6.07) is 29.4. The molecule has 1 fully saturated rings. The van der Waals surface area contributed by atoms with Crippen LogP contribution in [0.4, 0.5) is 22.9 Å². The van der Waals surface area contributed by atoms with Crippen molar-refractivity contribution in [3.63, 3.8) is 0 Å². The van der Waals surface area contributed by atoms with Crippen LogP contribution in [0.5, 0.6) is 0 Å². The van der Waals surface area contributed by atoms with Crippen molar-refractivity contribution in [3.05, 3.63) is 109 Å². The zero-order valence-electron chi connectivity index (χ0n) is 22.2. The molecule has 0 unspecified atom stereocenters. The summed E-state index contributed by atoms with van der Waals surface area (Å²) in [6.07, 6.45) is 3.40. The summed E-state index contributed by atoms with van der Waals surface area (Å²) in [5.74, 6) is 0.652. The number of carbonyl (C=O) groups excluding carboxylic acids is 1. The molecule has 0 saturated carbocycles. The number of para-hydroxylation sites is 2. The van der Waals surface area contributed by atoms with Gasteiger partial charge in [-0.3, -0.25) is 9.78 Å². The second-order valence-corrected chi connectivity index (χ2v) is 9.87. The minimum atomic E-state index is -0.203. The predicted molar refractivity (Wildman–Crippen MR) is 162 cm³/mol. The van der Waals surface area contributed by atoms with Crippen LogP contribution in [0.1, 0.15) is 10.4 Å². The average Bonchev–Trinajstić information content (AvgIpc) is 3.42. The fraction of sp³-hybridized carbons (Fsp3) is 0.121. The Morgan fingerprint density at radius 3 is 2.41 bits per heavy atom. The number of nitrogens with zero attached hydrogens (tertiary/aromatic N) is 3. The van der Waals surface area contributed by atoms with Crippen LogP contribution in [0.15, 0.2) is 108 Å². The van der Waals surface area contributed by atoms with Crippen molar-refractivity contribution >= 4 is 50.7 Å². The zero-order valence-corrected chi connectivity index (χ0v) is 22.2. The number of nitrogens with one attached hydrogen (secondary N) is 2.